The van der Waals surface area contributed by atoms with Gasteiger partial charge in [-0.1, -0.05) is 48.2 Å². The molecule has 2 aromatic carbocycles. The lowest BCUT2D eigenvalue weighted by Crippen LogP contribution is -2.09. The SMILES string of the molecule is FC(F)(F)c1c(C#Cc2ccccc2)cnc2ccccc12. The summed E-state index contributed by atoms with van der Waals surface area (Å²) in [5.74, 6) is 5.34. The van der Waals surface area contributed by atoms with Crippen molar-refractivity contribution in [1.29, 1.82) is 0 Å². The van der Waals surface area contributed by atoms with Crippen molar-refractivity contribution in [2.24, 2.45) is 0 Å². The Labute approximate surface area is 125 Å². The molecule has 0 spiro atoms. The van der Waals surface area contributed by atoms with Gasteiger partial charge in [0.05, 0.1) is 16.6 Å². The average molecular weight is 297 g/mol. The van der Waals surface area contributed by atoms with Gasteiger partial charge in [0.1, 0.15) is 0 Å². The van der Waals surface area contributed by atoms with Crippen LogP contribution in [-0.4, -0.2) is 4.98 Å². The van der Waals surface area contributed by atoms with E-state index in [4.69, 9.17) is 0 Å². The molecule has 0 radical (unpaired) electrons. The molecular formula is C18H10F3N. The Bertz CT molecular complexity index is 871. The molecule has 4 heteroatoms. The molecule has 0 saturated carbocycles. The summed E-state index contributed by atoms with van der Waals surface area (Å²) in [5.41, 5.74) is 0.112. The Balaban J connectivity index is 2.20. The molecule has 0 aliphatic rings. The first kappa shape index (κ1) is 14.2. The minimum Gasteiger partial charge on any atom is -0.255 e. The Morgan fingerprint density at radius 1 is 0.818 bits per heavy atom. The maximum Gasteiger partial charge on any atom is 0.418 e. The van der Waals surface area contributed by atoms with Crippen LogP contribution in [0.5, 0.6) is 0 Å². The van der Waals surface area contributed by atoms with Crippen molar-refractivity contribution < 1.29 is 13.2 Å². The lowest BCUT2D eigenvalue weighted by atomic mass is 10.0. The maximum absolute atomic E-state index is 13.4. The number of halogens is 3. The fourth-order valence-corrected chi connectivity index (χ4v) is 2.20. The van der Waals surface area contributed by atoms with Crippen molar-refractivity contribution in [3.8, 4) is 11.8 Å². The van der Waals surface area contributed by atoms with Gasteiger partial charge in [0, 0.05) is 17.1 Å². The van der Waals surface area contributed by atoms with Crippen molar-refractivity contribution in [3.05, 3.63) is 77.5 Å². The summed E-state index contributed by atoms with van der Waals surface area (Å²) >= 11 is 0. The van der Waals surface area contributed by atoms with Gasteiger partial charge in [-0.2, -0.15) is 13.2 Å². The Hall–Kier alpha value is -2.80. The molecule has 0 atom stereocenters. The second-order valence-electron chi connectivity index (χ2n) is 4.68. The average Bonchev–Trinajstić information content (AvgIpc) is 2.52. The normalized spacial score (nSPS) is 11.0. The number of hydrogen-bond acceptors (Lipinski definition) is 1. The minimum absolute atomic E-state index is 0.0647. The van der Waals surface area contributed by atoms with Crippen LogP contribution in [0.25, 0.3) is 10.9 Å². The number of nitrogens with zero attached hydrogens (tertiary/aromatic N) is 1. The topological polar surface area (TPSA) is 12.9 Å². The number of fused-ring (bicyclic) bond motifs is 1. The van der Waals surface area contributed by atoms with E-state index in [0.29, 0.717) is 11.1 Å². The van der Waals surface area contributed by atoms with E-state index in [2.05, 4.69) is 16.8 Å². The number of hydrogen-bond donors (Lipinski definition) is 0. The highest BCUT2D eigenvalue weighted by molar-refractivity contribution is 5.84. The quantitative estimate of drug-likeness (QED) is 0.550. The van der Waals surface area contributed by atoms with Crippen LogP contribution >= 0.6 is 0 Å². The monoisotopic (exact) mass is 297 g/mol. The lowest BCUT2D eigenvalue weighted by Gasteiger charge is -2.12. The van der Waals surface area contributed by atoms with E-state index in [1.165, 1.54) is 12.3 Å². The van der Waals surface area contributed by atoms with Crippen molar-refractivity contribution >= 4 is 10.9 Å². The molecule has 0 fully saturated rings. The molecule has 1 nitrogen and oxygen atoms in total. The summed E-state index contributed by atoms with van der Waals surface area (Å²) in [6, 6.07) is 15.1. The smallest absolute Gasteiger partial charge is 0.255 e. The highest BCUT2D eigenvalue weighted by Crippen LogP contribution is 2.36. The van der Waals surface area contributed by atoms with Crippen LogP contribution in [0, 0.1) is 11.8 Å². The summed E-state index contributed by atoms with van der Waals surface area (Å²) < 4.78 is 40.2. The first-order valence-electron chi connectivity index (χ1n) is 6.58. The molecule has 0 aliphatic carbocycles. The standard InChI is InChI=1S/C18H10F3N/c19-18(20,21)17-14(11-10-13-6-2-1-3-7-13)12-22-16-9-5-4-8-15(16)17/h1-9,12H. The number of alkyl halides is 3. The predicted molar refractivity (Wildman–Crippen MR) is 79.2 cm³/mol. The molecule has 0 aliphatic heterocycles. The van der Waals surface area contributed by atoms with Gasteiger partial charge < -0.3 is 0 Å². The highest BCUT2D eigenvalue weighted by Gasteiger charge is 2.35. The van der Waals surface area contributed by atoms with Crippen molar-refractivity contribution in [1.82, 2.24) is 4.98 Å². The molecule has 3 rings (SSSR count). The van der Waals surface area contributed by atoms with Crippen LogP contribution in [0.1, 0.15) is 16.7 Å². The summed E-state index contributed by atoms with van der Waals surface area (Å²) in [5, 5.41) is 0.0647. The summed E-state index contributed by atoms with van der Waals surface area (Å²) in [6.45, 7) is 0. The molecular weight excluding hydrogens is 287 g/mol. The second kappa shape index (κ2) is 5.53. The van der Waals surface area contributed by atoms with Crippen molar-refractivity contribution in [2.45, 2.75) is 6.18 Å². The Kier molecular flexibility index (Phi) is 3.56. The second-order valence-corrected chi connectivity index (χ2v) is 4.68. The molecule has 0 bridgehead atoms. The third-order valence-electron chi connectivity index (χ3n) is 3.17. The van der Waals surface area contributed by atoms with E-state index in [1.807, 2.05) is 6.07 Å². The van der Waals surface area contributed by atoms with Gasteiger partial charge in [-0.25, -0.2) is 0 Å². The van der Waals surface area contributed by atoms with Gasteiger partial charge in [-0.15, -0.1) is 0 Å². The fourth-order valence-electron chi connectivity index (χ4n) is 2.20. The van der Waals surface area contributed by atoms with E-state index in [1.54, 1.807) is 42.5 Å². The fraction of sp³-hybridized carbons (Fsp3) is 0.0556. The van der Waals surface area contributed by atoms with Gasteiger partial charge in [0.25, 0.3) is 0 Å². The number of aromatic nitrogens is 1. The number of pyridine rings is 1. The maximum atomic E-state index is 13.4. The van der Waals surface area contributed by atoms with E-state index in [9.17, 15) is 13.2 Å². The third-order valence-corrected chi connectivity index (χ3v) is 3.17. The van der Waals surface area contributed by atoms with E-state index in [0.717, 1.165) is 0 Å². The Morgan fingerprint density at radius 2 is 1.50 bits per heavy atom. The zero-order valence-electron chi connectivity index (χ0n) is 11.4. The van der Waals surface area contributed by atoms with Gasteiger partial charge in [-0.05, 0) is 18.2 Å². The predicted octanol–water partition coefficient (Wildman–Crippen LogP) is 4.65. The lowest BCUT2D eigenvalue weighted by molar-refractivity contribution is -0.136. The van der Waals surface area contributed by atoms with Gasteiger partial charge in [0.15, 0.2) is 0 Å². The molecule has 0 amide bonds. The van der Waals surface area contributed by atoms with Crippen LogP contribution in [0.15, 0.2) is 60.8 Å². The van der Waals surface area contributed by atoms with Crippen LogP contribution in [0.2, 0.25) is 0 Å². The first-order chi connectivity index (χ1) is 10.6. The molecule has 108 valence electrons. The van der Waals surface area contributed by atoms with Crippen LogP contribution in [0.3, 0.4) is 0 Å². The van der Waals surface area contributed by atoms with Crippen LogP contribution in [0.4, 0.5) is 13.2 Å². The van der Waals surface area contributed by atoms with E-state index in [-0.39, 0.29) is 10.9 Å². The zero-order chi connectivity index (χ0) is 15.6. The molecule has 22 heavy (non-hydrogen) atoms. The van der Waals surface area contributed by atoms with E-state index < -0.39 is 11.7 Å². The van der Waals surface area contributed by atoms with Crippen LogP contribution < -0.4 is 0 Å². The first-order valence-corrected chi connectivity index (χ1v) is 6.58. The molecule has 1 aromatic heterocycles. The molecule has 3 aromatic rings. The van der Waals surface area contributed by atoms with Crippen molar-refractivity contribution in [3.63, 3.8) is 0 Å². The summed E-state index contributed by atoms with van der Waals surface area (Å²) in [4.78, 5) is 4.07. The minimum atomic E-state index is -4.48. The summed E-state index contributed by atoms with van der Waals surface area (Å²) in [7, 11) is 0. The van der Waals surface area contributed by atoms with Crippen molar-refractivity contribution in [2.75, 3.05) is 0 Å². The molecule has 0 N–H and O–H groups in total. The zero-order valence-corrected chi connectivity index (χ0v) is 11.4. The molecule has 0 saturated heterocycles. The number of rotatable bonds is 0. The van der Waals surface area contributed by atoms with Crippen LogP contribution in [-0.2, 0) is 6.18 Å². The molecule has 1 heterocycles. The Morgan fingerprint density at radius 3 is 2.23 bits per heavy atom. The third kappa shape index (κ3) is 2.79. The van der Waals surface area contributed by atoms with Gasteiger partial charge >= 0.3 is 6.18 Å². The highest BCUT2D eigenvalue weighted by atomic mass is 19.4. The van der Waals surface area contributed by atoms with Gasteiger partial charge in [-0.3, -0.25) is 4.98 Å². The summed E-state index contributed by atoms with van der Waals surface area (Å²) in [6.07, 6.45) is -3.30. The number of benzene rings is 2. The van der Waals surface area contributed by atoms with E-state index >= 15 is 0 Å². The molecule has 0 unspecified atom stereocenters. The van der Waals surface area contributed by atoms with Gasteiger partial charge in [0.2, 0.25) is 0 Å². The number of para-hydroxylation sites is 1. The largest absolute Gasteiger partial charge is 0.418 e.